The van der Waals surface area contributed by atoms with Crippen molar-refractivity contribution in [1.29, 1.82) is 0 Å². The second kappa shape index (κ2) is 12.4. The van der Waals surface area contributed by atoms with Crippen molar-refractivity contribution in [2.45, 2.75) is 6.92 Å². The van der Waals surface area contributed by atoms with Crippen LogP contribution >= 0.6 is 0 Å². The predicted molar refractivity (Wildman–Crippen MR) is 143 cm³/mol. The van der Waals surface area contributed by atoms with Gasteiger partial charge in [-0.25, -0.2) is 0 Å². The Morgan fingerprint density at radius 1 is 0.694 bits per heavy atom. The number of hydrogen-bond donors (Lipinski definition) is 1. The summed E-state index contributed by atoms with van der Waals surface area (Å²) < 4.78 is 27.0. The molecule has 0 atom stereocenters. The lowest BCUT2D eigenvalue weighted by Crippen LogP contribution is -1.99. The Morgan fingerprint density at radius 3 is 1.94 bits per heavy atom. The van der Waals surface area contributed by atoms with E-state index in [0.717, 1.165) is 22.4 Å². The van der Waals surface area contributed by atoms with Crippen LogP contribution in [0, 0.1) is 6.92 Å². The Labute approximate surface area is 211 Å². The summed E-state index contributed by atoms with van der Waals surface area (Å²) in [5.74, 6) is 2.88. The number of nitrogens with one attached hydrogen (secondary N) is 1. The van der Waals surface area contributed by atoms with Crippen LogP contribution < -0.4 is 29.0 Å². The average Bonchev–Trinajstić information content (AvgIpc) is 2.91. The lowest BCUT2D eigenvalue weighted by Gasteiger charge is -2.13. The summed E-state index contributed by atoms with van der Waals surface area (Å²) in [7, 11) is 7.92. The molecule has 0 bridgehead atoms. The number of methoxy groups -OCH3 is 5. The first-order chi connectivity index (χ1) is 17.4. The molecule has 3 aromatic rings. The normalized spacial score (nSPS) is 10.9. The molecule has 0 radical (unpaired) electrons. The van der Waals surface area contributed by atoms with Crippen LogP contribution in [0.25, 0.3) is 12.2 Å². The van der Waals surface area contributed by atoms with Crippen molar-refractivity contribution in [3.05, 3.63) is 83.1 Å². The lowest BCUT2D eigenvalue weighted by atomic mass is 10.1. The van der Waals surface area contributed by atoms with Crippen LogP contribution in [-0.4, -0.2) is 41.3 Å². The molecule has 0 saturated carbocycles. The third kappa shape index (κ3) is 6.18. The minimum atomic E-state index is -0.141. The number of carbonyl (C=O) groups is 1. The van der Waals surface area contributed by atoms with Crippen molar-refractivity contribution in [3.63, 3.8) is 0 Å². The summed E-state index contributed by atoms with van der Waals surface area (Å²) in [6, 6.07) is 14.8. The van der Waals surface area contributed by atoms with Crippen molar-refractivity contribution < 1.29 is 28.5 Å². The van der Waals surface area contributed by atoms with E-state index < -0.39 is 0 Å². The van der Waals surface area contributed by atoms with E-state index in [9.17, 15) is 4.79 Å². The molecule has 3 aromatic carbocycles. The number of carbonyl (C=O) groups excluding carboxylic acids is 1. The van der Waals surface area contributed by atoms with Crippen LogP contribution in [-0.2, 0) is 0 Å². The summed E-state index contributed by atoms with van der Waals surface area (Å²) in [5, 5.41) is 3.15. The molecule has 0 saturated heterocycles. The maximum atomic E-state index is 12.6. The van der Waals surface area contributed by atoms with Gasteiger partial charge in [0.25, 0.3) is 0 Å². The van der Waals surface area contributed by atoms with Crippen LogP contribution in [0.1, 0.15) is 27.0 Å². The van der Waals surface area contributed by atoms with Gasteiger partial charge in [-0.2, -0.15) is 0 Å². The van der Waals surface area contributed by atoms with Gasteiger partial charge in [0.1, 0.15) is 11.5 Å². The third-order valence-electron chi connectivity index (χ3n) is 5.54. The fourth-order valence-corrected chi connectivity index (χ4v) is 3.61. The highest BCUT2D eigenvalue weighted by Gasteiger charge is 2.12. The number of ketones is 1. The zero-order valence-electron chi connectivity index (χ0n) is 21.4. The molecule has 0 aliphatic rings. The van der Waals surface area contributed by atoms with Crippen LogP contribution in [0.2, 0.25) is 0 Å². The molecular formula is C29H31NO6. The van der Waals surface area contributed by atoms with Gasteiger partial charge in [-0.05, 0) is 53.9 Å². The Balaban J connectivity index is 1.79. The highest BCUT2D eigenvalue weighted by molar-refractivity contribution is 6.05. The summed E-state index contributed by atoms with van der Waals surface area (Å²) in [4.78, 5) is 12.6. The molecule has 7 heteroatoms. The summed E-state index contributed by atoms with van der Waals surface area (Å²) in [6.07, 6.45) is 6.97. The SMILES string of the molecule is COc1cc(C(=O)/C=C\Nc2cc(/C=C\c3cc(OC)c(OC)c(OC)c3)ccc2OC)ccc1C. The molecule has 7 nitrogen and oxygen atoms in total. The molecule has 0 spiro atoms. The minimum Gasteiger partial charge on any atom is -0.496 e. The number of allylic oxidation sites excluding steroid dienone is 1. The van der Waals surface area contributed by atoms with Gasteiger partial charge in [0, 0.05) is 17.8 Å². The molecule has 0 aromatic heterocycles. The average molecular weight is 490 g/mol. The van der Waals surface area contributed by atoms with E-state index in [1.807, 2.05) is 55.5 Å². The molecule has 0 amide bonds. The number of benzene rings is 3. The topological polar surface area (TPSA) is 75.3 Å². The van der Waals surface area contributed by atoms with Gasteiger partial charge in [0.15, 0.2) is 17.3 Å². The largest absolute Gasteiger partial charge is 0.496 e. The Kier molecular flexibility index (Phi) is 9.00. The quantitative estimate of drug-likeness (QED) is 0.201. The van der Waals surface area contributed by atoms with E-state index in [-0.39, 0.29) is 5.78 Å². The van der Waals surface area contributed by atoms with Crippen LogP contribution in [0.15, 0.2) is 60.8 Å². The summed E-state index contributed by atoms with van der Waals surface area (Å²) in [6.45, 7) is 1.93. The van der Waals surface area contributed by atoms with Gasteiger partial charge >= 0.3 is 0 Å². The van der Waals surface area contributed by atoms with E-state index in [4.69, 9.17) is 23.7 Å². The van der Waals surface area contributed by atoms with E-state index in [0.29, 0.717) is 34.3 Å². The number of aryl methyl sites for hydroxylation is 1. The van der Waals surface area contributed by atoms with Crippen molar-refractivity contribution in [1.82, 2.24) is 0 Å². The van der Waals surface area contributed by atoms with E-state index in [1.54, 1.807) is 53.9 Å². The van der Waals surface area contributed by atoms with Crippen molar-refractivity contribution >= 4 is 23.6 Å². The smallest absolute Gasteiger partial charge is 0.203 e. The van der Waals surface area contributed by atoms with Crippen LogP contribution in [0.3, 0.4) is 0 Å². The van der Waals surface area contributed by atoms with E-state index >= 15 is 0 Å². The standard InChI is InChI=1S/C29H31NO6/c1-19-7-11-22(18-26(19)33-3)24(31)13-14-30-23-15-20(10-12-25(23)32-2)8-9-21-16-27(34-4)29(36-6)28(17-21)35-5/h7-18,30H,1-6H3/b9-8-,14-13-. The fourth-order valence-electron chi connectivity index (χ4n) is 3.61. The van der Waals surface area contributed by atoms with Crippen LogP contribution in [0.5, 0.6) is 28.7 Å². The lowest BCUT2D eigenvalue weighted by molar-refractivity contribution is 0.104. The van der Waals surface area contributed by atoms with Crippen LogP contribution in [0.4, 0.5) is 5.69 Å². The van der Waals surface area contributed by atoms with Gasteiger partial charge in [-0.1, -0.05) is 30.4 Å². The molecule has 188 valence electrons. The Morgan fingerprint density at radius 2 is 1.33 bits per heavy atom. The predicted octanol–water partition coefficient (Wildman–Crippen LogP) is 6.02. The number of anilines is 1. The molecule has 1 N–H and O–H groups in total. The molecular weight excluding hydrogens is 458 g/mol. The minimum absolute atomic E-state index is 0.141. The maximum absolute atomic E-state index is 12.6. The second-order valence-electron chi connectivity index (χ2n) is 7.78. The molecule has 0 heterocycles. The first-order valence-electron chi connectivity index (χ1n) is 11.2. The van der Waals surface area contributed by atoms with Gasteiger partial charge in [0.05, 0.1) is 41.2 Å². The maximum Gasteiger partial charge on any atom is 0.203 e. The monoisotopic (exact) mass is 489 g/mol. The fraction of sp³-hybridized carbons (Fsp3) is 0.207. The third-order valence-corrected chi connectivity index (χ3v) is 5.54. The first-order valence-corrected chi connectivity index (χ1v) is 11.2. The number of hydrogen-bond acceptors (Lipinski definition) is 7. The highest BCUT2D eigenvalue weighted by atomic mass is 16.5. The second-order valence-corrected chi connectivity index (χ2v) is 7.78. The summed E-state index contributed by atoms with van der Waals surface area (Å²) in [5.41, 5.74) is 4.04. The van der Waals surface area contributed by atoms with Crippen molar-refractivity contribution in [3.8, 4) is 28.7 Å². The molecule has 0 unspecified atom stereocenters. The molecule has 0 fully saturated rings. The van der Waals surface area contributed by atoms with Gasteiger partial charge in [0.2, 0.25) is 5.75 Å². The zero-order valence-corrected chi connectivity index (χ0v) is 21.4. The molecule has 0 aliphatic heterocycles. The number of rotatable bonds is 11. The Hall–Kier alpha value is -4.39. The number of ether oxygens (including phenoxy) is 5. The zero-order chi connectivity index (χ0) is 26.1. The first kappa shape index (κ1) is 26.2. The van der Waals surface area contributed by atoms with E-state index in [1.165, 1.54) is 6.08 Å². The Bertz CT molecular complexity index is 1250. The van der Waals surface area contributed by atoms with Gasteiger partial charge in [-0.3, -0.25) is 4.79 Å². The van der Waals surface area contributed by atoms with E-state index in [2.05, 4.69) is 5.32 Å². The highest BCUT2D eigenvalue weighted by Crippen LogP contribution is 2.38. The van der Waals surface area contributed by atoms with Gasteiger partial charge in [-0.15, -0.1) is 0 Å². The molecule has 36 heavy (non-hydrogen) atoms. The molecule has 0 aliphatic carbocycles. The van der Waals surface area contributed by atoms with Crippen molar-refractivity contribution in [2.24, 2.45) is 0 Å². The van der Waals surface area contributed by atoms with Gasteiger partial charge < -0.3 is 29.0 Å². The summed E-state index contributed by atoms with van der Waals surface area (Å²) >= 11 is 0. The molecule has 3 rings (SSSR count). The van der Waals surface area contributed by atoms with Crippen molar-refractivity contribution in [2.75, 3.05) is 40.9 Å².